The molecule has 0 fully saturated rings. The summed E-state index contributed by atoms with van der Waals surface area (Å²) >= 11 is 0. The Labute approximate surface area is 95.1 Å². The average molecular weight is 246 g/mol. The van der Waals surface area contributed by atoms with Crippen LogP contribution in [0.4, 0.5) is 0 Å². The molecular formula is C10H14O5S. The highest BCUT2D eigenvalue weighted by Crippen LogP contribution is 2.39. The third-order valence-electron chi connectivity index (χ3n) is 1.84. The fourth-order valence-electron chi connectivity index (χ4n) is 1.24. The molecule has 0 aliphatic carbocycles. The van der Waals surface area contributed by atoms with Crippen molar-refractivity contribution in [3.8, 4) is 17.2 Å². The Morgan fingerprint density at radius 3 is 1.81 bits per heavy atom. The predicted molar refractivity (Wildman–Crippen MR) is 59.8 cm³/mol. The molecule has 0 bridgehead atoms. The molecule has 0 aliphatic rings. The maximum Gasteiger partial charge on any atom is 0.306 e. The minimum absolute atomic E-state index is 0.0677. The molecule has 0 unspecified atom stereocenters. The summed E-state index contributed by atoms with van der Waals surface area (Å²) in [5, 5.41) is 0. The van der Waals surface area contributed by atoms with E-state index in [0.717, 1.165) is 11.8 Å². The molecule has 0 aliphatic heterocycles. The molecule has 90 valence electrons. The number of hydrogen-bond donors (Lipinski definition) is 0. The molecule has 0 amide bonds. The van der Waals surface area contributed by atoms with Crippen molar-refractivity contribution in [3.05, 3.63) is 17.7 Å². The average Bonchev–Trinajstić information content (AvgIpc) is 2.18. The molecule has 16 heavy (non-hydrogen) atoms. The minimum Gasteiger partial charge on any atom is -0.493 e. The number of benzene rings is 1. The molecule has 0 aromatic heterocycles. The summed E-state index contributed by atoms with van der Waals surface area (Å²) < 4.78 is 37.1. The maximum absolute atomic E-state index is 11.1. The van der Waals surface area contributed by atoms with E-state index in [-0.39, 0.29) is 5.75 Å². The molecule has 1 aromatic rings. The van der Waals surface area contributed by atoms with Crippen LogP contribution in [0.3, 0.4) is 0 Å². The van der Waals surface area contributed by atoms with Crippen molar-refractivity contribution in [2.45, 2.75) is 6.92 Å². The molecular weight excluding hydrogens is 232 g/mol. The van der Waals surface area contributed by atoms with Crippen LogP contribution in [0.1, 0.15) is 5.56 Å². The van der Waals surface area contributed by atoms with Crippen LogP contribution in [-0.4, -0.2) is 28.9 Å². The first-order valence-corrected chi connectivity index (χ1v) is 6.31. The lowest BCUT2D eigenvalue weighted by molar-refractivity contribution is 0.361. The summed E-state index contributed by atoms with van der Waals surface area (Å²) in [7, 11) is -0.747. The van der Waals surface area contributed by atoms with Gasteiger partial charge in [-0.25, -0.2) is 0 Å². The summed E-state index contributed by atoms with van der Waals surface area (Å²) in [5.41, 5.74) is 0.884. The van der Waals surface area contributed by atoms with Gasteiger partial charge in [-0.1, -0.05) is 0 Å². The summed E-state index contributed by atoms with van der Waals surface area (Å²) in [6.45, 7) is 1.84. The van der Waals surface area contributed by atoms with Crippen molar-refractivity contribution in [2.75, 3.05) is 20.5 Å². The van der Waals surface area contributed by atoms with E-state index in [2.05, 4.69) is 0 Å². The molecule has 5 nitrogen and oxygen atoms in total. The Kier molecular flexibility index (Phi) is 3.64. The lowest BCUT2D eigenvalue weighted by Gasteiger charge is -2.13. The maximum atomic E-state index is 11.1. The van der Waals surface area contributed by atoms with Crippen LogP contribution in [0, 0.1) is 6.92 Å². The van der Waals surface area contributed by atoms with Gasteiger partial charge < -0.3 is 13.7 Å². The quantitative estimate of drug-likeness (QED) is 0.750. The van der Waals surface area contributed by atoms with E-state index in [4.69, 9.17) is 13.7 Å². The molecule has 0 heterocycles. The van der Waals surface area contributed by atoms with Crippen molar-refractivity contribution < 1.29 is 22.1 Å². The number of aryl methyl sites for hydroxylation is 1. The Morgan fingerprint density at radius 1 is 1.06 bits per heavy atom. The molecule has 0 atom stereocenters. The van der Waals surface area contributed by atoms with E-state index >= 15 is 0 Å². The van der Waals surface area contributed by atoms with Crippen LogP contribution in [0.25, 0.3) is 0 Å². The topological polar surface area (TPSA) is 61.8 Å². The molecule has 1 aromatic carbocycles. The molecule has 0 N–H and O–H groups in total. The second kappa shape index (κ2) is 4.61. The Hall–Kier alpha value is -1.43. The van der Waals surface area contributed by atoms with Crippen molar-refractivity contribution in [1.29, 1.82) is 0 Å². The molecule has 0 spiro atoms. The summed E-state index contributed by atoms with van der Waals surface area (Å²) in [5.74, 6) is 0.711. The largest absolute Gasteiger partial charge is 0.493 e. The lowest BCUT2D eigenvalue weighted by Crippen LogP contribution is -2.08. The number of methoxy groups -OCH3 is 2. The van der Waals surface area contributed by atoms with Crippen LogP contribution in [-0.2, 0) is 10.1 Å². The summed E-state index contributed by atoms with van der Waals surface area (Å²) in [4.78, 5) is 0. The zero-order chi connectivity index (χ0) is 12.3. The molecule has 0 radical (unpaired) electrons. The van der Waals surface area contributed by atoms with Gasteiger partial charge in [0.05, 0.1) is 20.5 Å². The standard InChI is InChI=1S/C10H14O5S/c1-7-5-8(13-2)10(9(6-7)14-3)15-16(4,11)12/h5-6H,1-4H3. The normalized spacial score (nSPS) is 11.0. The first-order valence-electron chi connectivity index (χ1n) is 4.49. The Bertz CT molecular complexity index is 453. The summed E-state index contributed by atoms with van der Waals surface area (Å²) in [6, 6.07) is 3.34. The van der Waals surface area contributed by atoms with Gasteiger partial charge in [0.25, 0.3) is 0 Å². The van der Waals surface area contributed by atoms with E-state index < -0.39 is 10.1 Å². The monoisotopic (exact) mass is 246 g/mol. The SMILES string of the molecule is COc1cc(C)cc(OC)c1OS(C)(=O)=O. The third kappa shape index (κ3) is 3.03. The Balaban J connectivity index is 3.33. The van der Waals surface area contributed by atoms with Gasteiger partial charge in [-0.2, -0.15) is 8.42 Å². The van der Waals surface area contributed by atoms with E-state index in [1.165, 1.54) is 14.2 Å². The molecule has 1 rings (SSSR count). The molecule has 6 heteroatoms. The Morgan fingerprint density at radius 2 is 1.50 bits per heavy atom. The smallest absolute Gasteiger partial charge is 0.306 e. The van der Waals surface area contributed by atoms with Crippen molar-refractivity contribution in [1.82, 2.24) is 0 Å². The fraction of sp³-hybridized carbons (Fsp3) is 0.400. The number of ether oxygens (including phenoxy) is 2. The van der Waals surface area contributed by atoms with Gasteiger partial charge in [-0.05, 0) is 24.6 Å². The van der Waals surface area contributed by atoms with E-state index in [0.29, 0.717) is 11.5 Å². The zero-order valence-corrected chi connectivity index (χ0v) is 10.4. The van der Waals surface area contributed by atoms with Gasteiger partial charge in [0, 0.05) is 0 Å². The van der Waals surface area contributed by atoms with E-state index in [1.807, 2.05) is 6.92 Å². The van der Waals surface area contributed by atoms with Crippen molar-refractivity contribution in [3.63, 3.8) is 0 Å². The van der Waals surface area contributed by atoms with E-state index in [9.17, 15) is 8.42 Å². The van der Waals surface area contributed by atoms with Crippen molar-refractivity contribution in [2.24, 2.45) is 0 Å². The van der Waals surface area contributed by atoms with Crippen LogP contribution >= 0.6 is 0 Å². The van der Waals surface area contributed by atoms with Crippen LogP contribution in [0.15, 0.2) is 12.1 Å². The van der Waals surface area contributed by atoms with Crippen LogP contribution in [0.2, 0.25) is 0 Å². The fourth-order valence-corrected chi connectivity index (χ4v) is 1.71. The second-order valence-electron chi connectivity index (χ2n) is 3.29. The van der Waals surface area contributed by atoms with Gasteiger partial charge in [0.2, 0.25) is 5.75 Å². The molecule has 0 saturated heterocycles. The van der Waals surface area contributed by atoms with Gasteiger partial charge in [0.15, 0.2) is 11.5 Å². The lowest BCUT2D eigenvalue weighted by atomic mass is 10.2. The highest BCUT2D eigenvalue weighted by molar-refractivity contribution is 7.86. The number of hydrogen-bond acceptors (Lipinski definition) is 5. The van der Waals surface area contributed by atoms with Gasteiger partial charge in [-0.3, -0.25) is 0 Å². The van der Waals surface area contributed by atoms with Crippen molar-refractivity contribution >= 4 is 10.1 Å². The first-order chi connectivity index (χ1) is 7.37. The van der Waals surface area contributed by atoms with Gasteiger partial charge in [-0.15, -0.1) is 0 Å². The van der Waals surface area contributed by atoms with Gasteiger partial charge in [0.1, 0.15) is 0 Å². The highest BCUT2D eigenvalue weighted by Gasteiger charge is 2.17. The van der Waals surface area contributed by atoms with Crippen LogP contribution in [0.5, 0.6) is 17.2 Å². The summed E-state index contributed by atoms with van der Waals surface area (Å²) in [6.07, 6.45) is 0.964. The van der Waals surface area contributed by atoms with E-state index in [1.54, 1.807) is 12.1 Å². The first kappa shape index (κ1) is 12.6. The predicted octanol–water partition coefficient (Wildman–Crippen LogP) is 1.35. The minimum atomic E-state index is -3.62. The van der Waals surface area contributed by atoms with Crippen LogP contribution < -0.4 is 13.7 Å². The zero-order valence-electron chi connectivity index (χ0n) is 9.60. The second-order valence-corrected chi connectivity index (χ2v) is 4.86. The van der Waals surface area contributed by atoms with Gasteiger partial charge >= 0.3 is 10.1 Å². The highest BCUT2D eigenvalue weighted by atomic mass is 32.2. The third-order valence-corrected chi connectivity index (χ3v) is 2.31. The molecule has 0 saturated carbocycles. The number of rotatable bonds is 4.